The van der Waals surface area contributed by atoms with E-state index in [1.54, 1.807) is 24.5 Å². The first-order valence-electron chi connectivity index (χ1n) is 9.17. The number of nitro benzene ring substituents is 1. The largest absolute Gasteiger partial charge is 0.331 e. The van der Waals surface area contributed by atoms with Crippen molar-refractivity contribution in [1.82, 2.24) is 19.3 Å². The van der Waals surface area contributed by atoms with Crippen molar-refractivity contribution >= 4 is 17.3 Å². The number of aromatic nitrogens is 4. The molecule has 2 aromatic carbocycles. The van der Waals surface area contributed by atoms with Crippen molar-refractivity contribution in [2.75, 3.05) is 5.32 Å². The van der Waals surface area contributed by atoms with E-state index < -0.39 is 4.92 Å². The summed E-state index contributed by atoms with van der Waals surface area (Å²) in [7, 11) is 0. The van der Waals surface area contributed by atoms with E-state index in [1.807, 2.05) is 42.0 Å². The molecule has 0 atom stereocenters. The maximum absolute atomic E-state index is 12.5. The van der Waals surface area contributed by atoms with Crippen molar-refractivity contribution in [2.24, 2.45) is 0 Å². The van der Waals surface area contributed by atoms with E-state index in [1.165, 1.54) is 23.0 Å². The number of imidazole rings is 1. The lowest BCUT2D eigenvalue weighted by atomic mass is 10.2. The highest BCUT2D eigenvalue weighted by Gasteiger charge is 2.11. The van der Waals surface area contributed by atoms with E-state index in [4.69, 9.17) is 0 Å². The predicted octanol–water partition coefficient (Wildman–Crippen LogP) is 3.59. The minimum atomic E-state index is -0.465. The van der Waals surface area contributed by atoms with Crippen LogP contribution in [0, 0.1) is 17.0 Å². The van der Waals surface area contributed by atoms with E-state index in [9.17, 15) is 14.9 Å². The Hall–Kier alpha value is -4.27. The van der Waals surface area contributed by atoms with Crippen molar-refractivity contribution < 1.29 is 9.72 Å². The number of hydrogen-bond acceptors (Lipinski definition) is 5. The minimum absolute atomic E-state index is 0.00415. The zero-order chi connectivity index (χ0) is 21.1. The molecule has 0 bridgehead atoms. The van der Waals surface area contributed by atoms with Crippen LogP contribution in [0.5, 0.6) is 0 Å². The third-order valence-corrected chi connectivity index (χ3v) is 4.66. The molecular formula is C21H18N6O3. The smallest absolute Gasteiger partial charge is 0.269 e. The second kappa shape index (κ2) is 8.00. The molecular weight excluding hydrogens is 384 g/mol. The molecule has 1 amide bonds. The second-order valence-electron chi connectivity index (χ2n) is 6.70. The van der Waals surface area contributed by atoms with E-state index in [-0.39, 0.29) is 11.6 Å². The Morgan fingerprint density at radius 1 is 1.13 bits per heavy atom. The molecule has 0 spiro atoms. The summed E-state index contributed by atoms with van der Waals surface area (Å²) in [6, 6.07) is 13.5. The number of nitrogens with one attached hydrogen (secondary N) is 1. The van der Waals surface area contributed by atoms with E-state index in [2.05, 4.69) is 15.4 Å². The predicted molar refractivity (Wildman–Crippen MR) is 111 cm³/mol. The van der Waals surface area contributed by atoms with Gasteiger partial charge in [-0.05, 0) is 36.8 Å². The quantitative estimate of drug-likeness (QED) is 0.392. The molecule has 0 aliphatic rings. The van der Waals surface area contributed by atoms with Gasteiger partial charge in [-0.1, -0.05) is 12.1 Å². The molecule has 4 rings (SSSR count). The monoisotopic (exact) mass is 402 g/mol. The summed E-state index contributed by atoms with van der Waals surface area (Å²) >= 11 is 0. The van der Waals surface area contributed by atoms with Crippen LogP contribution in [0.4, 0.5) is 11.4 Å². The number of amides is 1. The van der Waals surface area contributed by atoms with E-state index in [0.717, 1.165) is 11.4 Å². The normalized spacial score (nSPS) is 10.7. The lowest BCUT2D eigenvalue weighted by Crippen LogP contribution is -2.11. The molecule has 9 nitrogen and oxygen atoms in total. The average molecular weight is 402 g/mol. The molecule has 1 N–H and O–H groups in total. The molecule has 0 aliphatic heterocycles. The second-order valence-corrected chi connectivity index (χ2v) is 6.70. The molecule has 2 heterocycles. The number of anilines is 1. The van der Waals surface area contributed by atoms with Crippen molar-refractivity contribution in [3.8, 4) is 5.69 Å². The van der Waals surface area contributed by atoms with Crippen LogP contribution in [0.15, 0.2) is 73.3 Å². The number of aryl methyl sites for hydroxylation is 1. The van der Waals surface area contributed by atoms with Crippen LogP contribution in [0.3, 0.4) is 0 Å². The Balaban J connectivity index is 1.41. The van der Waals surface area contributed by atoms with Gasteiger partial charge in [0.25, 0.3) is 11.6 Å². The van der Waals surface area contributed by atoms with Gasteiger partial charge >= 0.3 is 0 Å². The fourth-order valence-electron chi connectivity index (χ4n) is 2.97. The topological polar surface area (TPSA) is 108 Å². The van der Waals surface area contributed by atoms with Gasteiger partial charge in [-0.3, -0.25) is 14.9 Å². The number of non-ortho nitro benzene ring substituents is 1. The molecule has 9 heteroatoms. The highest BCUT2D eigenvalue weighted by molar-refractivity contribution is 6.04. The average Bonchev–Trinajstić information content (AvgIpc) is 3.39. The van der Waals surface area contributed by atoms with Gasteiger partial charge in [0, 0.05) is 43.0 Å². The molecule has 0 saturated heterocycles. The summed E-state index contributed by atoms with van der Waals surface area (Å²) in [5, 5.41) is 17.8. The third kappa shape index (κ3) is 4.09. The Labute approximate surface area is 171 Å². The summed E-state index contributed by atoms with van der Waals surface area (Å²) in [4.78, 5) is 27.0. The Morgan fingerprint density at radius 2 is 1.87 bits per heavy atom. The number of benzene rings is 2. The summed E-state index contributed by atoms with van der Waals surface area (Å²) < 4.78 is 3.54. The van der Waals surface area contributed by atoms with Gasteiger partial charge < -0.3 is 9.88 Å². The van der Waals surface area contributed by atoms with Crippen molar-refractivity contribution in [1.29, 1.82) is 0 Å². The van der Waals surface area contributed by atoms with E-state index >= 15 is 0 Å². The number of nitrogens with zero attached hydrogens (tertiary/aromatic N) is 5. The maximum Gasteiger partial charge on any atom is 0.269 e. The van der Waals surface area contributed by atoms with Crippen molar-refractivity contribution in [2.45, 2.75) is 13.5 Å². The summed E-state index contributed by atoms with van der Waals surface area (Å²) in [5.41, 5.74) is 2.77. The van der Waals surface area contributed by atoms with Gasteiger partial charge in [0.15, 0.2) is 0 Å². The molecule has 2 aromatic heterocycles. The highest BCUT2D eigenvalue weighted by Crippen LogP contribution is 2.16. The molecule has 0 aliphatic carbocycles. The minimum Gasteiger partial charge on any atom is -0.331 e. The summed E-state index contributed by atoms with van der Waals surface area (Å²) in [6.45, 7) is 2.66. The molecule has 30 heavy (non-hydrogen) atoms. The summed E-state index contributed by atoms with van der Waals surface area (Å²) in [6.07, 6.45) is 6.72. The lowest BCUT2D eigenvalue weighted by Gasteiger charge is -2.07. The van der Waals surface area contributed by atoms with Crippen LogP contribution in [0.25, 0.3) is 5.69 Å². The first-order valence-corrected chi connectivity index (χ1v) is 9.17. The van der Waals surface area contributed by atoms with Gasteiger partial charge in [0.1, 0.15) is 5.82 Å². The number of carbonyl (C=O) groups excluding carboxylic acids is 1. The fraction of sp³-hybridized carbons (Fsp3) is 0.0952. The van der Waals surface area contributed by atoms with Crippen LogP contribution >= 0.6 is 0 Å². The molecule has 0 fully saturated rings. The number of hydrogen-bond donors (Lipinski definition) is 1. The van der Waals surface area contributed by atoms with Gasteiger partial charge in [-0.15, -0.1) is 0 Å². The third-order valence-electron chi connectivity index (χ3n) is 4.66. The Kier molecular flexibility index (Phi) is 5.08. The Bertz CT molecular complexity index is 1190. The Morgan fingerprint density at radius 3 is 2.50 bits per heavy atom. The van der Waals surface area contributed by atoms with Gasteiger partial charge in [0.2, 0.25) is 0 Å². The van der Waals surface area contributed by atoms with Crippen molar-refractivity contribution in [3.63, 3.8) is 0 Å². The summed E-state index contributed by atoms with van der Waals surface area (Å²) in [5.74, 6) is 0.652. The van der Waals surface area contributed by atoms with Gasteiger partial charge in [0.05, 0.1) is 22.4 Å². The van der Waals surface area contributed by atoms with E-state index in [0.29, 0.717) is 23.5 Å². The molecule has 0 radical (unpaired) electrons. The SMILES string of the molecule is Cc1nccn1Cc1ccc(NC(=O)c2cnn(-c3ccc([N+](=O)[O-])cc3)c2)cc1. The molecule has 0 unspecified atom stereocenters. The zero-order valence-corrected chi connectivity index (χ0v) is 16.1. The van der Waals surface area contributed by atoms with Crippen molar-refractivity contribution in [3.05, 3.63) is 100 Å². The fourth-order valence-corrected chi connectivity index (χ4v) is 2.97. The first kappa shape index (κ1) is 19.1. The lowest BCUT2D eigenvalue weighted by molar-refractivity contribution is -0.384. The van der Waals surface area contributed by atoms with Crippen LogP contribution in [-0.2, 0) is 6.54 Å². The number of nitro groups is 1. The van der Waals surface area contributed by atoms with Crippen LogP contribution in [0.2, 0.25) is 0 Å². The van der Waals surface area contributed by atoms with Crippen LogP contribution in [0.1, 0.15) is 21.7 Å². The maximum atomic E-state index is 12.5. The number of carbonyl (C=O) groups is 1. The van der Waals surface area contributed by atoms with Crippen LogP contribution < -0.4 is 5.32 Å². The zero-order valence-electron chi connectivity index (χ0n) is 16.1. The van der Waals surface area contributed by atoms with Gasteiger partial charge in [-0.2, -0.15) is 5.10 Å². The van der Waals surface area contributed by atoms with Crippen LogP contribution in [-0.4, -0.2) is 30.2 Å². The van der Waals surface area contributed by atoms with Gasteiger partial charge in [-0.25, -0.2) is 9.67 Å². The number of rotatable bonds is 6. The molecule has 150 valence electrons. The standard InChI is InChI=1S/C21H18N6O3/c1-15-22-10-11-25(15)13-16-2-4-18(5-3-16)24-21(28)17-12-23-26(14-17)19-6-8-20(9-7-19)27(29)30/h2-12,14H,13H2,1H3,(H,24,28). The molecule has 0 saturated carbocycles. The highest BCUT2D eigenvalue weighted by atomic mass is 16.6. The molecule has 4 aromatic rings. The first-order chi connectivity index (χ1) is 14.5.